The number of hydrogen-bond acceptors (Lipinski definition) is 0. The van der Waals surface area contributed by atoms with Gasteiger partial charge in [-0.1, -0.05) is 154 Å². The molecule has 1 atom stereocenters. The van der Waals surface area contributed by atoms with E-state index < -0.39 is 0 Å². The molecule has 0 N–H and O–H groups in total. The summed E-state index contributed by atoms with van der Waals surface area (Å²) in [5.74, 6) is 0.267. The fourth-order valence-electron chi connectivity index (χ4n) is 6.04. The van der Waals surface area contributed by atoms with E-state index in [1.807, 2.05) is 12.2 Å². The Bertz CT molecular complexity index is 1620. The Labute approximate surface area is 235 Å². The highest BCUT2D eigenvalue weighted by Gasteiger charge is 2.33. The highest BCUT2D eigenvalue weighted by Crippen LogP contribution is 2.38. The lowest BCUT2D eigenvalue weighted by atomic mass is 9.35. The van der Waals surface area contributed by atoms with Gasteiger partial charge in [-0.15, -0.1) is 0 Å². The highest BCUT2D eigenvalue weighted by atomic mass is 14.3. The Morgan fingerprint density at radius 3 is 2.36 bits per heavy atom. The van der Waals surface area contributed by atoms with Crippen molar-refractivity contribution in [3.8, 4) is 0 Å². The van der Waals surface area contributed by atoms with E-state index in [0.29, 0.717) is 0 Å². The summed E-state index contributed by atoms with van der Waals surface area (Å²) in [4.78, 5) is 0. The Hall–Kier alpha value is -4.10. The summed E-state index contributed by atoms with van der Waals surface area (Å²) in [5.41, 5.74) is 11.8. The maximum absolute atomic E-state index is 4.60. The van der Waals surface area contributed by atoms with Crippen LogP contribution in [-0.4, -0.2) is 6.71 Å². The number of benzene rings is 3. The molecule has 0 saturated heterocycles. The van der Waals surface area contributed by atoms with Crippen molar-refractivity contribution in [2.24, 2.45) is 0 Å². The lowest BCUT2D eigenvalue weighted by Gasteiger charge is -2.33. The van der Waals surface area contributed by atoms with E-state index in [-0.39, 0.29) is 12.6 Å². The zero-order valence-electron chi connectivity index (χ0n) is 23.9. The Kier molecular flexibility index (Phi) is 9.05. The predicted octanol–water partition coefficient (Wildman–Crippen LogP) is 8.04. The zero-order chi connectivity index (χ0) is 27.9. The van der Waals surface area contributed by atoms with E-state index >= 15 is 0 Å². The molecule has 0 bridgehead atoms. The van der Waals surface area contributed by atoms with E-state index in [4.69, 9.17) is 0 Å². The minimum atomic E-state index is 0.244. The average molecular weight is 507 g/mol. The third-order valence-electron chi connectivity index (χ3n) is 7.97. The molecule has 0 aliphatic carbocycles. The molecule has 0 amide bonds. The first kappa shape index (κ1) is 27.9. The van der Waals surface area contributed by atoms with Crippen LogP contribution in [0.25, 0.3) is 23.3 Å². The Morgan fingerprint density at radius 1 is 0.897 bits per heavy atom. The molecule has 0 fully saturated rings. The molecule has 4 rings (SSSR count). The third kappa shape index (κ3) is 5.69. The van der Waals surface area contributed by atoms with Crippen LogP contribution in [0.1, 0.15) is 55.4 Å². The molecule has 3 aromatic carbocycles. The van der Waals surface area contributed by atoms with Crippen LogP contribution in [-0.2, 0) is 0 Å². The minimum Gasteiger partial charge on any atom is -0.0991 e. The van der Waals surface area contributed by atoms with Crippen molar-refractivity contribution in [2.75, 3.05) is 0 Å². The van der Waals surface area contributed by atoms with Crippen LogP contribution in [0.15, 0.2) is 128 Å². The molecule has 1 aliphatic heterocycles. The standard InChI is InChI=1S/C38H39B/c1-8-11-21-34-29(6)36-25-16-24-35(28(5)33-23-15-13-20-31(33)18-10-3)38(36)39(7)37(34)26-27(4)32-22-14-12-19-30(32)17-9-2/h8-25,29H,1,3-4,26H2,2,5-7H3/b17-9-,21-11-,31-18-,33-28+. The van der Waals surface area contributed by atoms with Crippen molar-refractivity contribution in [1.82, 2.24) is 0 Å². The summed E-state index contributed by atoms with van der Waals surface area (Å²) >= 11 is 0. The van der Waals surface area contributed by atoms with E-state index in [9.17, 15) is 0 Å². The number of fused-ring (bicyclic) bond motifs is 1. The van der Waals surface area contributed by atoms with E-state index in [2.05, 4.69) is 144 Å². The largest absolute Gasteiger partial charge is 0.203 e. The van der Waals surface area contributed by atoms with Crippen LogP contribution in [0.3, 0.4) is 0 Å². The minimum absolute atomic E-state index is 0.244. The van der Waals surface area contributed by atoms with Crippen molar-refractivity contribution in [3.63, 3.8) is 0 Å². The van der Waals surface area contributed by atoms with E-state index in [1.165, 1.54) is 54.8 Å². The lowest BCUT2D eigenvalue weighted by Crippen LogP contribution is -2.41. The summed E-state index contributed by atoms with van der Waals surface area (Å²) < 4.78 is 0. The lowest BCUT2D eigenvalue weighted by molar-refractivity contribution is 0.906. The van der Waals surface area contributed by atoms with Crippen LogP contribution in [0, 0.1) is 0 Å². The van der Waals surface area contributed by atoms with Crippen LogP contribution in [0.5, 0.6) is 0 Å². The summed E-state index contributed by atoms with van der Waals surface area (Å²) in [6.45, 7) is 21.7. The van der Waals surface area contributed by atoms with Gasteiger partial charge in [-0.2, -0.15) is 0 Å². The van der Waals surface area contributed by atoms with Gasteiger partial charge in [0.05, 0.1) is 0 Å². The molecular weight excluding hydrogens is 467 g/mol. The van der Waals surface area contributed by atoms with Crippen molar-refractivity contribution >= 4 is 35.5 Å². The van der Waals surface area contributed by atoms with Crippen molar-refractivity contribution in [3.05, 3.63) is 161 Å². The van der Waals surface area contributed by atoms with Crippen LogP contribution < -0.4 is 15.9 Å². The molecule has 0 aromatic heterocycles. The molecule has 0 nitrogen and oxygen atoms in total. The van der Waals surface area contributed by atoms with Crippen LogP contribution in [0.2, 0.25) is 6.82 Å². The smallest absolute Gasteiger partial charge is 0.0991 e. The van der Waals surface area contributed by atoms with Crippen molar-refractivity contribution in [1.29, 1.82) is 0 Å². The van der Waals surface area contributed by atoms with Gasteiger partial charge in [0.15, 0.2) is 0 Å². The van der Waals surface area contributed by atoms with Gasteiger partial charge in [0, 0.05) is 5.92 Å². The Morgan fingerprint density at radius 2 is 1.62 bits per heavy atom. The van der Waals surface area contributed by atoms with Crippen LogP contribution >= 0.6 is 0 Å². The highest BCUT2D eigenvalue weighted by molar-refractivity contribution is 6.80. The molecule has 1 unspecified atom stereocenters. The average Bonchev–Trinajstić information content (AvgIpc) is 2.95. The van der Waals surface area contributed by atoms with Crippen LogP contribution in [0.4, 0.5) is 0 Å². The van der Waals surface area contributed by atoms with Gasteiger partial charge in [-0.25, -0.2) is 0 Å². The molecule has 1 aliphatic rings. The van der Waals surface area contributed by atoms with Crippen molar-refractivity contribution in [2.45, 2.75) is 39.9 Å². The second-order valence-corrected chi connectivity index (χ2v) is 10.3. The second-order valence-electron chi connectivity index (χ2n) is 10.3. The quantitative estimate of drug-likeness (QED) is 0.214. The molecule has 39 heavy (non-hydrogen) atoms. The maximum atomic E-state index is 4.60. The first-order chi connectivity index (χ1) is 18.9. The molecular formula is C38H39B. The first-order valence-electron chi connectivity index (χ1n) is 13.9. The summed E-state index contributed by atoms with van der Waals surface area (Å²) in [6.07, 6.45) is 15.3. The monoisotopic (exact) mass is 506 g/mol. The summed E-state index contributed by atoms with van der Waals surface area (Å²) in [7, 11) is 0. The van der Waals surface area contributed by atoms with Gasteiger partial charge >= 0.3 is 0 Å². The molecule has 3 aromatic rings. The number of rotatable bonds is 8. The number of allylic oxidation sites excluding steroid dienone is 8. The molecule has 1 heteroatoms. The van der Waals surface area contributed by atoms with Gasteiger partial charge in [0.2, 0.25) is 6.71 Å². The molecule has 194 valence electrons. The van der Waals surface area contributed by atoms with Gasteiger partial charge < -0.3 is 0 Å². The zero-order valence-corrected chi connectivity index (χ0v) is 23.9. The second kappa shape index (κ2) is 12.6. The fraction of sp³-hybridized carbons (Fsp3) is 0.158. The van der Waals surface area contributed by atoms with E-state index in [0.717, 1.165) is 12.0 Å². The molecule has 0 spiro atoms. The predicted molar refractivity (Wildman–Crippen MR) is 176 cm³/mol. The van der Waals surface area contributed by atoms with Gasteiger partial charge in [-0.05, 0) is 69.7 Å². The van der Waals surface area contributed by atoms with Gasteiger partial charge in [0.25, 0.3) is 0 Å². The Balaban J connectivity index is 1.92. The van der Waals surface area contributed by atoms with Gasteiger partial charge in [0.1, 0.15) is 0 Å². The molecule has 0 radical (unpaired) electrons. The van der Waals surface area contributed by atoms with Gasteiger partial charge in [-0.3, -0.25) is 0 Å². The molecule has 1 heterocycles. The third-order valence-corrected chi connectivity index (χ3v) is 7.97. The van der Waals surface area contributed by atoms with Crippen molar-refractivity contribution < 1.29 is 0 Å². The SMILES string of the molecule is C=C/C=C\C1=C(CC(=C)c2ccccc2/C=C\C)B(C)c2c(/C(C)=c3\cccc\c3=C\C=C)cccc2C1C. The summed E-state index contributed by atoms with van der Waals surface area (Å²) in [6, 6.07) is 24.0. The first-order valence-corrected chi connectivity index (χ1v) is 13.9. The van der Waals surface area contributed by atoms with E-state index in [1.54, 1.807) is 0 Å². The molecule has 0 saturated carbocycles. The maximum Gasteiger partial charge on any atom is 0.203 e. The topological polar surface area (TPSA) is 0 Å². The normalized spacial score (nSPS) is 16.6. The summed E-state index contributed by atoms with van der Waals surface area (Å²) in [5, 5.41) is 2.44. The number of hydrogen-bond donors (Lipinski definition) is 0. The fourth-order valence-corrected chi connectivity index (χ4v) is 6.04.